The average Bonchev–Trinajstić information content (AvgIpc) is 2.35. The van der Waals surface area contributed by atoms with Gasteiger partial charge in [-0.2, -0.15) is 5.26 Å². The van der Waals surface area contributed by atoms with Crippen molar-refractivity contribution >= 4 is 0 Å². The van der Waals surface area contributed by atoms with E-state index in [4.69, 9.17) is 4.74 Å². The molecule has 2 unspecified atom stereocenters. The molecule has 1 aromatic carbocycles. The minimum atomic E-state index is -0.721. The second kappa shape index (κ2) is 7.20. The topological polar surface area (TPSA) is 45.0 Å². The zero-order chi connectivity index (χ0) is 15.2. The van der Waals surface area contributed by atoms with Crippen LogP contribution in [0.4, 0.5) is 8.78 Å². The first-order valence-corrected chi connectivity index (χ1v) is 6.67. The largest absolute Gasteiger partial charge is 0.490 e. The monoisotopic (exact) mass is 282 g/mol. The Morgan fingerprint density at radius 3 is 2.45 bits per heavy atom. The fourth-order valence-electron chi connectivity index (χ4n) is 2.00. The molecule has 2 atom stereocenters. The number of nitriles is 1. The molecule has 5 heteroatoms. The Morgan fingerprint density at radius 1 is 1.35 bits per heavy atom. The van der Waals surface area contributed by atoms with Crippen molar-refractivity contribution in [3.63, 3.8) is 0 Å². The number of halogens is 2. The maximum atomic E-state index is 13.1. The first-order chi connectivity index (χ1) is 9.38. The number of nitrogens with zero attached hydrogens (tertiary/aromatic N) is 1. The van der Waals surface area contributed by atoms with Crippen LogP contribution < -0.4 is 10.1 Å². The van der Waals surface area contributed by atoms with E-state index in [0.29, 0.717) is 6.42 Å². The van der Waals surface area contributed by atoms with Crippen LogP contribution in [-0.2, 0) is 0 Å². The molecule has 0 aliphatic rings. The highest BCUT2D eigenvalue weighted by Crippen LogP contribution is 2.20. The van der Waals surface area contributed by atoms with Gasteiger partial charge in [0.1, 0.15) is 22.9 Å². The van der Waals surface area contributed by atoms with Crippen molar-refractivity contribution in [3.8, 4) is 11.8 Å². The minimum Gasteiger partial charge on any atom is -0.490 e. The normalized spacial score (nSPS) is 15.2. The Bertz CT molecular complexity index is 467. The van der Waals surface area contributed by atoms with Crippen molar-refractivity contribution in [2.24, 2.45) is 0 Å². The SMILES string of the molecule is CCCNC(C)(C#N)CC(C)Oc1cc(F)cc(F)c1. The molecule has 1 rings (SSSR count). The maximum absolute atomic E-state index is 13.1. The van der Waals surface area contributed by atoms with E-state index >= 15 is 0 Å². The third-order valence-corrected chi connectivity index (χ3v) is 2.88. The van der Waals surface area contributed by atoms with Crippen LogP contribution in [0.15, 0.2) is 18.2 Å². The molecular weight excluding hydrogens is 262 g/mol. The van der Waals surface area contributed by atoms with Crippen LogP contribution >= 0.6 is 0 Å². The first-order valence-electron chi connectivity index (χ1n) is 6.67. The standard InChI is InChI=1S/C15H20F2N2O/c1-4-5-19-15(3,10-18)9-11(2)20-14-7-12(16)6-13(17)8-14/h6-8,11,19H,4-5,9H2,1-3H3. The summed E-state index contributed by atoms with van der Waals surface area (Å²) in [6, 6.07) is 5.26. The summed E-state index contributed by atoms with van der Waals surface area (Å²) in [6.45, 7) is 6.30. The molecule has 0 spiro atoms. The second-order valence-electron chi connectivity index (χ2n) is 5.11. The molecule has 1 aromatic rings. The number of ether oxygens (including phenoxy) is 1. The number of nitrogens with one attached hydrogen (secondary N) is 1. The number of benzene rings is 1. The van der Waals surface area contributed by atoms with Crippen molar-refractivity contribution in [1.29, 1.82) is 5.26 Å². The van der Waals surface area contributed by atoms with Crippen molar-refractivity contribution in [3.05, 3.63) is 29.8 Å². The fourth-order valence-corrected chi connectivity index (χ4v) is 2.00. The van der Waals surface area contributed by atoms with Crippen LogP contribution in [0.3, 0.4) is 0 Å². The number of hydrogen-bond donors (Lipinski definition) is 1. The number of rotatable bonds is 7. The van der Waals surface area contributed by atoms with Gasteiger partial charge in [0, 0.05) is 24.6 Å². The third-order valence-electron chi connectivity index (χ3n) is 2.88. The Labute approximate surface area is 118 Å². The highest BCUT2D eigenvalue weighted by atomic mass is 19.1. The zero-order valence-corrected chi connectivity index (χ0v) is 12.0. The van der Waals surface area contributed by atoms with Gasteiger partial charge in [-0.25, -0.2) is 8.78 Å². The van der Waals surface area contributed by atoms with Crippen molar-refractivity contribution in [1.82, 2.24) is 5.32 Å². The summed E-state index contributed by atoms with van der Waals surface area (Å²) in [6.07, 6.45) is 0.994. The Morgan fingerprint density at radius 2 is 1.95 bits per heavy atom. The summed E-state index contributed by atoms with van der Waals surface area (Å²) in [5.41, 5.74) is -0.721. The molecule has 0 aliphatic carbocycles. The van der Waals surface area contributed by atoms with Gasteiger partial charge in [0.05, 0.1) is 12.2 Å². The molecule has 0 aliphatic heterocycles. The van der Waals surface area contributed by atoms with Crippen LogP contribution in [0.1, 0.15) is 33.6 Å². The van der Waals surface area contributed by atoms with Crippen LogP contribution in [0, 0.1) is 23.0 Å². The Balaban J connectivity index is 2.66. The minimum absolute atomic E-state index is 0.130. The smallest absolute Gasteiger partial charge is 0.129 e. The van der Waals surface area contributed by atoms with Crippen molar-refractivity contribution in [2.75, 3.05) is 6.54 Å². The highest BCUT2D eigenvalue weighted by Gasteiger charge is 2.26. The van der Waals surface area contributed by atoms with Crippen molar-refractivity contribution < 1.29 is 13.5 Å². The molecule has 110 valence electrons. The molecule has 0 bridgehead atoms. The van der Waals surface area contributed by atoms with Gasteiger partial charge >= 0.3 is 0 Å². The summed E-state index contributed by atoms with van der Waals surface area (Å²) in [5.74, 6) is -1.23. The lowest BCUT2D eigenvalue weighted by Gasteiger charge is -2.27. The van der Waals surface area contributed by atoms with Gasteiger partial charge in [-0.1, -0.05) is 6.92 Å². The predicted octanol–water partition coefficient (Wildman–Crippen LogP) is 3.40. The third kappa shape index (κ3) is 5.14. The van der Waals surface area contributed by atoms with E-state index in [2.05, 4.69) is 11.4 Å². The van der Waals surface area contributed by atoms with Crippen LogP contribution in [0.2, 0.25) is 0 Å². The summed E-state index contributed by atoms with van der Waals surface area (Å²) in [7, 11) is 0. The molecule has 0 radical (unpaired) electrons. The molecule has 3 nitrogen and oxygen atoms in total. The summed E-state index contributed by atoms with van der Waals surface area (Å²) < 4.78 is 31.6. The van der Waals surface area contributed by atoms with Crippen molar-refractivity contribution in [2.45, 2.75) is 45.3 Å². The zero-order valence-electron chi connectivity index (χ0n) is 12.0. The average molecular weight is 282 g/mol. The Hall–Kier alpha value is -1.67. The maximum Gasteiger partial charge on any atom is 0.129 e. The van der Waals surface area contributed by atoms with Gasteiger partial charge in [0.25, 0.3) is 0 Å². The quantitative estimate of drug-likeness (QED) is 0.833. The van der Waals surface area contributed by atoms with E-state index < -0.39 is 17.2 Å². The van der Waals surface area contributed by atoms with Gasteiger partial charge < -0.3 is 4.74 Å². The van der Waals surface area contributed by atoms with Gasteiger partial charge in [-0.05, 0) is 26.8 Å². The summed E-state index contributed by atoms with van der Waals surface area (Å²) >= 11 is 0. The van der Waals surface area contributed by atoms with E-state index in [1.165, 1.54) is 0 Å². The molecular formula is C15H20F2N2O. The molecule has 0 amide bonds. The predicted molar refractivity (Wildman–Crippen MR) is 73.4 cm³/mol. The van der Waals surface area contributed by atoms with E-state index in [1.54, 1.807) is 13.8 Å². The van der Waals surface area contributed by atoms with E-state index in [-0.39, 0.29) is 11.9 Å². The lowest BCUT2D eigenvalue weighted by atomic mass is 9.96. The van der Waals surface area contributed by atoms with E-state index in [0.717, 1.165) is 31.2 Å². The second-order valence-corrected chi connectivity index (χ2v) is 5.11. The summed E-state index contributed by atoms with van der Waals surface area (Å²) in [4.78, 5) is 0. The van der Waals surface area contributed by atoms with Crippen LogP contribution in [-0.4, -0.2) is 18.2 Å². The molecule has 0 fully saturated rings. The van der Waals surface area contributed by atoms with Gasteiger partial charge in [-0.15, -0.1) is 0 Å². The highest BCUT2D eigenvalue weighted by molar-refractivity contribution is 5.24. The van der Waals surface area contributed by atoms with Crippen LogP contribution in [0.5, 0.6) is 5.75 Å². The molecule has 20 heavy (non-hydrogen) atoms. The van der Waals surface area contributed by atoms with Gasteiger partial charge in [0.15, 0.2) is 0 Å². The first kappa shape index (κ1) is 16.4. The lowest BCUT2D eigenvalue weighted by molar-refractivity contribution is 0.178. The Kier molecular flexibility index (Phi) is 5.90. The summed E-state index contributed by atoms with van der Waals surface area (Å²) in [5, 5.41) is 12.4. The van der Waals surface area contributed by atoms with Crippen LogP contribution in [0.25, 0.3) is 0 Å². The molecule has 0 heterocycles. The van der Waals surface area contributed by atoms with Gasteiger partial charge in [0.2, 0.25) is 0 Å². The number of hydrogen-bond acceptors (Lipinski definition) is 3. The van der Waals surface area contributed by atoms with E-state index in [1.807, 2.05) is 6.92 Å². The van der Waals surface area contributed by atoms with Gasteiger partial charge in [-0.3, -0.25) is 5.32 Å². The molecule has 0 saturated carbocycles. The lowest BCUT2D eigenvalue weighted by Crippen LogP contribution is -2.44. The molecule has 0 aromatic heterocycles. The molecule has 0 saturated heterocycles. The fraction of sp³-hybridized carbons (Fsp3) is 0.533. The molecule has 1 N–H and O–H groups in total. The van der Waals surface area contributed by atoms with E-state index in [9.17, 15) is 14.0 Å².